The van der Waals surface area contributed by atoms with Crippen molar-refractivity contribution in [2.24, 2.45) is 0 Å². The van der Waals surface area contributed by atoms with Gasteiger partial charge in [-0.25, -0.2) is 18.3 Å². The molecule has 17 heteroatoms. The molecule has 7 atom stereocenters. The number of ether oxygens (including phenoxy) is 3. The molecule has 1 aromatic carbocycles. The quantitative estimate of drug-likeness (QED) is 0.201. The van der Waals surface area contributed by atoms with Gasteiger partial charge < -0.3 is 29.6 Å². The van der Waals surface area contributed by atoms with Gasteiger partial charge in [0.15, 0.2) is 23.5 Å². The molecule has 3 aliphatic rings. The molecule has 244 valence electrons. The molecule has 3 heterocycles. The van der Waals surface area contributed by atoms with Crippen molar-refractivity contribution in [2.75, 3.05) is 12.3 Å². The second kappa shape index (κ2) is 11.4. The fourth-order valence-electron chi connectivity index (χ4n) is 5.93. The Balaban J connectivity index is 1.25. The number of imidazole rings is 1. The van der Waals surface area contributed by atoms with Crippen LogP contribution in [0.4, 0.5) is 14.7 Å². The lowest BCUT2D eigenvalue weighted by Gasteiger charge is -2.32. The summed E-state index contributed by atoms with van der Waals surface area (Å²) in [6.45, 7) is 4.32. The molecule has 0 amide bonds. The van der Waals surface area contributed by atoms with Crippen molar-refractivity contribution in [3.8, 4) is 11.6 Å². The highest BCUT2D eigenvalue weighted by molar-refractivity contribution is 7.52. The maximum Gasteiger partial charge on any atom is 0.460 e. The molecule has 3 aromatic rings. The average Bonchev–Trinajstić information content (AvgIpc) is 3.23. The highest BCUT2D eigenvalue weighted by Gasteiger charge is 2.97. The predicted molar refractivity (Wildman–Crippen MR) is 154 cm³/mol. The van der Waals surface area contributed by atoms with Gasteiger partial charge in [0.05, 0.1) is 12.9 Å². The van der Waals surface area contributed by atoms with Crippen LogP contribution in [0.25, 0.3) is 11.2 Å². The molecule has 14 nitrogen and oxygen atoms in total. The Morgan fingerprint density at radius 2 is 1.96 bits per heavy atom. The third-order valence-electron chi connectivity index (χ3n) is 8.31. The summed E-state index contributed by atoms with van der Waals surface area (Å²) in [7, 11) is -4.73. The maximum absolute atomic E-state index is 16.6. The largest absolute Gasteiger partial charge is 0.476 e. The number of nitrogen functional groups attached to an aromatic ring is 1. The van der Waals surface area contributed by atoms with Crippen molar-refractivity contribution in [3.05, 3.63) is 36.7 Å². The molecule has 1 saturated heterocycles. The normalized spacial score (nSPS) is 31.6. The summed E-state index contributed by atoms with van der Waals surface area (Å²) >= 11 is 0. The van der Waals surface area contributed by atoms with Crippen molar-refractivity contribution in [3.63, 3.8) is 0 Å². The van der Waals surface area contributed by atoms with Crippen molar-refractivity contribution < 1.29 is 46.5 Å². The number of hydrogen-bond donors (Lipinski definition) is 3. The van der Waals surface area contributed by atoms with Crippen LogP contribution in [-0.2, 0) is 23.4 Å². The van der Waals surface area contributed by atoms with Gasteiger partial charge in [0.25, 0.3) is 5.85 Å². The summed E-state index contributed by atoms with van der Waals surface area (Å²) in [6.07, 6.45) is 1.21. The number of nitrogens with one attached hydrogen (secondary N) is 1. The van der Waals surface area contributed by atoms with Gasteiger partial charge in [-0.3, -0.25) is 13.9 Å². The smallest absolute Gasteiger partial charge is 0.460 e. The Kier molecular flexibility index (Phi) is 8.01. The van der Waals surface area contributed by atoms with E-state index in [1.165, 1.54) is 19.1 Å². The summed E-state index contributed by atoms with van der Waals surface area (Å²) in [4.78, 5) is 25.1. The number of para-hydroxylation sites is 1. The Bertz CT molecular complexity index is 1630. The zero-order valence-corrected chi connectivity index (χ0v) is 25.8. The van der Waals surface area contributed by atoms with Crippen LogP contribution < -0.4 is 20.1 Å². The summed E-state index contributed by atoms with van der Waals surface area (Å²) in [5.41, 5.74) is 0.0478. The van der Waals surface area contributed by atoms with Gasteiger partial charge in [-0.1, -0.05) is 24.6 Å². The van der Waals surface area contributed by atoms with Gasteiger partial charge in [0.2, 0.25) is 17.5 Å². The van der Waals surface area contributed by atoms with Gasteiger partial charge in [0.1, 0.15) is 23.5 Å². The topological polar surface area (TPSA) is 182 Å². The molecule has 2 saturated carbocycles. The number of carbonyl (C=O) groups is 1. The number of rotatable bonds is 11. The lowest BCUT2D eigenvalue weighted by atomic mass is 9.96. The fraction of sp³-hybridized carbons (Fsp3) is 0.571. The Morgan fingerprint density at radius 1 is 1.24 bits per heavy atom. The summed E-state index contributed by atoms with van der Waals surface area (Å²) in [5, 5.41) is 13.9. The summed E-state index contributed by atoms with van der Waals surface area (Å²) in [5.74, 6) is -4.16. The van der Waals surface area contributed by atoms with Gasteiger partial charge >= 0.3 is 13.7 Å². The third kappa shape index (κ3) is 5.31. The molecular weight excluding hydrogens is 617 g/mol. The minimum absolute atomic E-state index is 0.00718. The maximum atomic E-state index is 16.6. The lowest BCUT2D eigenvalue weighted by Crippen LogP contribution is -2.46. The number of aromatic nitrogens is 4. The average molecular weight is 653 g/mol. The van der Waals surface area contributed by atoms with Gasteiger partial charge in [0, 0.05) is 0 Å². The lowest BCUT2D eigenvalue weighted by molar-refractivity contribution is -0.174. The number of hydrogen-bond acceptors (Lipinski definition) is 12. The summed E-state index contributed by atoms with van der Waals surface area (Å²) < 4.78 is 75.7. The van der Waals surface area contributed by atoms with Crippen LogP contribution in [0.2, 0.25) is 0 Å². The molecule has 6 rings (SSSR count). The number of halogens is 2. The Hall–Kier alpha value is -3.43. The molecule has 2 aromatic heterocycles. The van der Waals surface area contributed by atoms with E-state index in [9.17, 15) is 14.5 Å². The molecule has 4 N–H and O–H groups in total. The van der Waals surface area contributed by atoms with Crippen molar-refractivity contribution >= 4 is 30.8 Å². The van der Waals surface area contributed by atoms with Crippen LogP contribution in [0, 0.1) is 0 Å². The van der Waals surface area contributed by atoms with Crippen LogP contribution >= 0.6 is 7.75 Å². The molecule has 0 spiro atoms. The number of benzene rings is 1. The van der Waals surface area contributed by atoms with Crippen LogP contribution in [0.1, 0.15) is 59.1 Å². The Labute approximate surface area is 257 Å². The van der Waals surface area contributed by atoms with Crippen LogP contribution in [0.5, 0.6) is 11.6 Å². The monoisotopic (exact) mass is 652 g/mol. The molecule has 45 heavy (non-hydrogen) atoms. The fourth-order valence-corrected chi connectivity index (χ4v) is 7.62. The molecule has 3 unspecified atom stereocenters. The second-order valence-electron chi connectivity index (χ2n) is 11.6. The minimum Gasteiger partial charge on any atom is -0.476 e. The number of nitrogens with two attached hydrogens (primary N) is 1. The number of carbonyl (C=O) groups excluding carboxylic acids is 1. The first kappa shape index (κ1) is 31.5. The first-order valence-electron chi connectivity index (χ1n) is 14.7. The van der Waals surface area contributed by atoms with E-state index in [0.717, 1.165) is 37.1 Å². The van der Waals surface area contributed by atoms with E-state index in [4.69, 9.17) is 29.0 Å². The first-order valence-corrected chi connectivity index (χ1v) is 16.3. The van der Waals surface area contributed by atoms with Gasteiger partial charge in [-0.15, -0.1) is 0 Å². The number of fused-ring (bicyclic) bond motifs is 2. The molecule has 1 aliphatic heterocycles. The van der Waals surface area contributed by atoms with E-state index in [-0.39, 0.29) is 41.5 Å². The molecule has 3 fully saturated rings. The van der Waals surface area contributed by atoms with E-state index < -0.39 is 49.2 Å². The number of anilines is 1. The molecule has 2 aliphatic carbocycles. The van der Waals surface area contributed by atoms with Crippen LogP contribution in [-0.4, -0.2) is 72.6 Å². The predicted octanol–water partition coefficient (Wildman–Crippen LogP) is 3.90. The zero-order valence-electron chi connectivity index (χ0n) is 24.9. The minimum atomic E-state index is -4.73. The van der Waals surface area contributed by atoms with Crippen LogP contribution in [0.15, 0.2) is 36.7 Å². The van der Waals surface area contributed by atoms with E-state index >= 15 is 8.78 Å². The molecular formula is C28H35F2N6O8P. The van der Waals surface area contributed by atoms with Crippen molar-refractivity contribution in [1.82, 2.24) is 24.6 Å². The highest BCUT2D eigenvalue weighted by Crippen LogP contribution is 2.74. The number of nitrogens with zero attached hydrogens (tertiary/aromatic N) is 4. The van der Waals surface area contributed by atoms with Crippen LogP contribution in [0.3, 0.4) is 0 Å². The van der Waals surface area contributed by atoms with E-state index in [0.29, 0.717) is 12.8 Å². The van der Waals surface area contributed by atoms with E-state index in [1.54, 1.807) is 25.1 Å². The number of alkyl halides is 2. The van der Waals surface area contributed by atoms with Crippen molar-refractivity contribution in [1.29, 1.82) is 0 Å². The number of aliphatic hydroxyl groups is 1. The third-order valence-corrected chi connectivity index (χ3v) is 9.95. The number of esters is 1. The molecule has 0 bridgehead atoms. The van der Waals surface area contributed by atoms with E-state index in [1.807, 2.05) is 0 Å². The standard InChI is InChI=1S/C28H35F2N6O8P/c1-4-40-21-19-20(33-25(31)34-21)36(15-32-19)24-26(3,38)27(29)23(28(27,30)42-24)44-45(39,43-18-13-9-6-10-14-18)35-16(2)22(37)41-17-11-7-5-8-12-17/h6,9-10,13-17,23-24,38H,4-5,7-8,11-12H2,1-3H3,(H,35,39)(H2,31,33,34)/t16?,23?,24-,26+,27+,28-,45?/m1/s1. The second-order valence-corrected chi connectivity index (χ2v) is 13.2. The van der Waals surface area contributed by atoms with Gasteiger partial charge in [-0.2, -0.15) is 15.1 Å². The zero-order chi connectivity index (χ0) is 32.2. The summed E-state index contributed by atoms with van der Waals surface area (Å²) in [6, 6.07) is 6.49. The Morgan fingerprint density at radius 3 is 2.60 bits per heavy atom. The SMILES string of the molecule is CCOc1nc(N)nc2c1ncn2[C@@H]1O[C@]2(F)C(OP(=O)(NC(C)C(=O)OC3CCCCC3)Oc3ccccc3)[C@]2(F)[C@@]1(C)O. The molecule has 0 radical (unpaired) electrons. The van der Waals surface area contributed by atoms with E-state index in [2.05, 4.69) is 20.0 Å². The highest BCUT2D eigenvalue weighted by atomic mass is 31.2. The first-order chi connectivity index (χ1) is 21.3. The van der Waals surface area contributed by atoms with Gasteiger partial charge in [-0.05, 0) is 58.6 Å². The van der Waals surface area contributed by atoms with Crippen molar-refractivity contribution in [2.45, 2.75) is 94.5 Å².